The van der Waals surface area contributed by atoms with Crippen LogP contribution in [0.4, 0.5) is 5.13 Å². The van der Waals surface area contributed by atoms with Crippen molar-refractivity contribution in [1.82, 2.24) is 4.98 Å². The number of amides is 1. The van der Waals surface area contributed by atoms with Gasteiger partial charge in [0, 0.05) is 10.9 Å². The third-order valence-corrected chi connectivity index (χ3v) is 5.48. The molecule has 0 bridgehead atoms. The average molecular weight is 415 g/mol. The quantitative estimate of drug-likeness (QED) is 0.405. The number of nitrogens with zero attached hydrogens (tertiary/aromatic N) is 1. The van der Waals surface area contributed by atoms with Crippen molar-refractivity contribution in [2.24, 2.45) is 0 Å². The van der Waals surface area contributed by atoms with Crippen LogP contribution in [0.1, 0.15) is 24.0 Å². The van der Waals surface area contributed by atoms with Gasteiger partial charge in [-0.25, -0.2) is 4.98 Å². The maximum Gasteiger partial charge on any atom is 0.238 e. The second-order valence-corrected chi connectivity index (χ2v) is 7.60. The number of aromatic nitrogens is 1. The molecule has 1 N–H and O–H groups in total. The summed E-state index contributed by atoms with van der Waals surface area (Å²) in [5, 5.41) is 5.54. The molecule has 0 spiro atoms. The molecule has 0 aliphatic heterocycles. The molecule has 3 aromatic carbocycles. The Morgan fingerprint density at radius 3 is 2.10 bits per heavy atom. The second kappa shape index (κ2) is 9.37. The van der Waals surface area contributed by atoms with E-state index in [0.29, 0.717) is 11.7 Å². The summed E-state index contributed by atoms with van der Waals surface area (Å²) in [7, 11) is 0. The fraction of sp³-hybridized carbons (Fsp3) is 0.120. The Morgan fingerprint density at radius 2 is 1.53 bits per heavy atom. The molecule has 0 saturated heterocycles. The fourth-order valence-corrected chi connectivity index (χ4v) is 4.04. The lowest BCUT2D eigenvalue weighted by molar-refractivity contribution is -0.116. The molecule has 1 heterocycles. The predicted molar refractivity (Wildman–Crippen MR) is 122 cm³/mol. The number of rotatable bonds is 7. The second-order valence-electron chi connectivity index (χ2n) is 6.74. The Morgan fingerprint density at radius 1 is 0.933 bits per heavy atom. The summed E-state index contributed by atoms with van der Waals surface area (Å²) in [6.07, 6.45) is 0. The molecule has 5 heteroatoms. The summed E-state index contributed by atoms with van der Waals surface area (Å²) in [5.41, 5.74) is 3.71. The van der Waals surface area contributed by atoms with Crippen LogP contribution < -0.4 is 10.1 Å². The molecule has 4 rings (SSSR count). The number of ether oxygens (including phenoxy) is 1. The number of thiazole rings is 1. The zero-order chi connectivity index (χ0) is 20.8. The summed E-state index contributed by atoms with van der Waals surface area (Å²) in [6.45, 7) is 2.59. The number of hydrogen-bond acceptors (Lipinski definition) is 4. The lowest BCUT2D eigenvalue weighted by Gasteiger charge is -2.17. The van der Waals surface area contributed by atoms with E-state index < -0.39 is 5.92 Å². The topological polar surface area (TPSA) is 51.2 Å². The van der Waals surface area contributed by atoms with E-state index in [1.54, 1.807) is 0 Å². The van der Waals surface area contributed by atoms with Gasteiger partial charge < -0.3 is 10.1 Å². The Kier molecular flexibility index (Phi) is 6.20. The van der Waals surface area contributed by atoms with Crippen LogP contribution in [-0.4, -0.2) is 17.5 Å². The molecular weight excluding hydrogens is 392 g/mol. The Bertz CT molecular complexity index is 1050. The van der Waals surface area contributed by atoms with E-state index in [2.05, 4.69) is 10.3 Å². The molecule has 0 unspecified atom stereocenters. The van der Waals surface area contributed by atoms with E-state index in [0.717, 1.165) is 28.1 Å². The molecule has 4 aromatic rings. The van der Waals surface area contributed by atoms with Gasteiger partial charge in [0.2, 0.25) is 5.91 Å². The van der Waals surface area contributed by atoms with Crippen molar-refractivity contribution < 1.29 is 9.53 Å². The van der Waals surface area contributed by atoms with E-state index >= 15 is 0 Å². The van der Waals surface area contributed by atoms with Crippen molar-refractivity contribution in [2.75, 3.05) is 11.9 Å². The lowest BCUT2D eigenvalue weighted by Crippen LogP contribution is -2.22. The van der Waals surface area contributed by atoms with Gasteiger partial charge in [-0.15, -0.1) is 11.3 Å². The van der Waals surface area contributed by atoms with Gasteiger partial charge in [0.1, 0.15) is 5.75 Å². The molecule has 1 amide bonds. The molecule has 1 aromatic heterocycles. The van der Waals surface area contributed by atoms with E-state index in [-0.39, 0.29) is 5.91 Å². The zero-order valence-corrected chi connectivity index (χ0v) is 17.4. The normalized spacial score (nSPS) is 10.7. The zero-order valence-electron chi connectivity index (χ0n) is 16.6. The number of nitrogens with one attached hydrogen (secondary N) is 1. The maximum absolute atomic E-state index is 13.2. The van der Waals surface area contributed by atoms with Crippen LogP contribution >= 0.6 is 11.3 Å². The van der Waals surface area contributed by atoms with Gasteiger partial charge in [0.05, 0.1) is 18.2 Å². The van der Waals surface area contributed by atoms with Gasteiger partial charge in [0.25, 0.3) is 0 Å². The molecule has 30 heavy (non-hydrogen) atoms. The van der Waals surface area contributed by atoms with Gasteiger partial charge >= 0.3 is 0 Å². The highest BCUT2D eigenvalue weighted by Gasteiger charge is 2.23. The third-order valence-electron chi connectivity index (χ3n) is 4.72. The molecule has 150 valence electrons. The highest BCUT2D eigenvalue weighted by molar-refractivity contribution is 7.14. The Labute approximate surface area is 180 Å². The smallest absolute Gasteiger partial charge is 0.238 e. The molecule has 0 atom stereocenters. The van der Waals surface area contributed by atoms with Crippen LogP contribution in [-0.2, 0) is 4.79 Å². The van der Waals surface area contributed by atoms with Gasteiger partial charge in [-0.3, -0.25) is 4.79 Å². The predicted octanol–water partition coefficient (Wildman–Crippen LogP) is 5.98. The van der Waals surface area contributed by atoms with Crippen molar-refractivity contribution in [2.45, 2.75) is 12.8 Å². The third kappa shape index (κ3) is 4.58. The van der Waals surface area contributed by atoms with Gasteiger partial charge in [0.15, 0.2) is 5.13 Å². The summed E-state index contributed by atoms with van der Waals surface area (Å²) in [4.78, 5) is 17.8. The van der Waals surface area contributed by atoms with Gasteiger partial charge in [-0.2, -0.15) is 0 Å². The summed E-state index contributed by atoms with van der Waals surface area (Å²) < 4.78 is 5.49. The Balaban J connectivity index is 1.55. The summed E-state index contributed by atoms with van der Waals surface area (Å²) in [6, 6.07) is 27.4. The van der Waals surface area contributed by atoms with Crippen LogP contribution in [0.15, 0.2) is 90.3 Å². The number of carbonyl (C=O) groups is 1. The van der Waals surface area contributed by atoms with E-state index in [1.165, 1.54) is 11.3 Å². The molecule has 4 nitrogen and oxygen atoms in total. The van der Waals surface area contributed by atoms with Crippen LogP contribution in [0.2, 0.25) is 0 Å². The highest BCUT2D eigenvalue weighted by atomic mass is 32.1. The number of anilines is 1. The highest BCUT2D eigenvalue weighted by Crippen LogP contribution is 2.29. The number of benzene rings is 3. The van der Waals surface area contributed by atoms with E-state index in [1.807, 2.05) is 97.2 Å². The van der Waals surface area contributed by atoms with Crippen LogP contribution in [0.5, 0.6) is 5.75 Å². The summed E-state index contributed by atoms with van der Waals surface area (Å²) >= 11 is 1.42. The van der Waals surface area contributed by atoms with Crippen molar-refractivity contribution >= 4 is 22.4 Å². The van der Waals surface area contributed by atoms with Crippen molar-refractivity contribution in [1.29, 1.82) is 0 Å². The molecule has 0 fully saturated rings. The number of carbonyl (C=O) groups excluding carboxylic acids is 1. The summed E-state index contributed by atoms with van der Waals surface area (Å²) in [5.74, 6) is 0.337. The van der Waals surface area contributed by atoms with Gasteiger partial charge in [-0.1, -0.05) is 60.7 Å². The maximum atomic E-state index is 13.2. The van der Waals surface area contributed by atoms with Crippen LogP contribution in [0, 0.1) is 0 Å². The monoisotopic (exact) mass is 414 g/mol. The van der Waals surface area contributed by atoms with Crippen molar-refractivity contribution in [3.63, 3.8) is 0 Å². The largest absolute Gasteiger partial charge is 0.494 e. The molecule has 0 aliphatic carbocycles. The van der Waals surface area contributed by atoms with Gasteiger partial charge in [-0.05, 0) is 42.3 Å². The first-order chi connectivity index (χ1) is 14.7. The molecule has 0 radical (unpaired) electrons. The Hall–Kier alpha value is -3.44. The van der Waals surface area contributed by atoms with Crippen LogP contribution in [0.25, 0.3) is 11.3 Å². The number of hydrogen-bond donors (Lipinski definition) is 1. The standard InChI is InChI=1S/C25H22N2O2S/c1-2-29-21-15-13-18(14-16-21)22-17-30-25(26-22)27-24(28)23(19-9-5-3-6-10-19)20-11-7-4-8-12-20/h3-17,23H,2H2,1H3,(H,26,27,28). The lowest BCUT2D eigenvalue weighted by atomic mass is 9.90. The molecule has 0 aliphatic rings. The van der Waals surface area contributed by atoms with E-state index in [4.69, 9.17) is 4.74 Å². The minimum atomic E-state index is -0.398. The first kappa shape index (κ1) is 19.9. The van der Waals surface area contributed by atoms with Crippen molar-refractivity contribution in [3.05, 3.63) is 101 Å². The average Bonchev–Trinajstić information content (AvgIpc) is 3.24. The molecular formula is C25H22N2O2S. The minimum Gasteiger partial charge on any atom is -0.494 e. The van der Waals surface area contributed by atoms with E-state index in [9.17, 15) is 4.79 Å². The first-order valence-corrected chi connectivity index (χ1v) is 10.7. The van der Waals surface area contributed by atoms with Crippen LogP contribution in [0.3, 0.4) is 0 Å². The molecule has 0 saturated carbocycles. The minimum absolute atomic E-state index is 0.0972. The van der Waals surface area contributed by atoms with Crippen molar-refractivity contribution in [3.8, 4) is 17.0 Å². The SMILES string of the molecule is CCOc1ccc(-c2csc(NC(=O)C(c3ccccc3)c3ccccc3)n2)cc1. The fourth-order valence-electron chi connectivity index (χ4n) is 3.32. The first-order valence-electron chi connectivity index (χ1n) is 9.84.